The fraction of sp³-hybridized carbons (Fsp3) is 0.143. The minimum atomic E-state index is 0.255. The molecule has 62 valence electrons. The zero-order chi connectivity index (χ0) is 8.39. The van der Waals surface area contributed by atoms with E-state index in [2.05, 4.69) is 10.1 Å². The summed E-state index contributed by atoms with van der Waals surface area (Å²) in [5.41, 5.74) is 6.09. The van der Waals surface area contributed by atoms with Crippen LogP contribution in [0.5, 0.6) is 0 Å². The van der Waals surface area contributed by atoms with Gasteiger partial charge in [-0.1, -0.05) is 5.16 Å². The van der Waals surface area contributed by atoms with Gasteiger partial charge in [0.05, 0.1) is 18.4 Å². The summed E-state index contributed by atoms with van der Waals surface area (Å²) in [6.45, 7) is 0.255. The zero-order valence-electron chi connectivity index (χ0n) is 6.23. The number of hydrogen-bond acceptors (Lipinski definition) is 5. The highest BCUT2D eigenvalue weighted by Gasteiger charge is 2.07. The molecule has 0 amide bonds. The van der Waals surface area contributed by atoms with E-state index in [1.165, 1.54) is 0 Å². The summed E-state index contributed by atoms with van der Waals surface area (Å²) >= 11 is 0. The smallest absolute Gasteiger partial charge is 0.240 e. The summed E-state index contributed by atoms with van der Waals surface area (Å²) < 4.78 is 9.67. The molecule has 5 nitrogen and oxygen atoms in total. The zero-order valence-corrected chi connectivity index (χ0v) is 6.23. The molecule has 2 aromatic rings. The molecule has 0 aliphatic rings. The number of rotatable bonds is 2. The summed E-state index contributed by atoms with van der Waals surface area (Å²) in [7, 11) is 0. The van der Waals surface area contributed by atoms with Gasteiger partial charge in [-0.2, -0.15) is 4.98 Å². The first-order valence-corrected chi connectivity index (χ1v) is 3.45. The van der Waals surface area contributed by atoms with Gasteiger partial charge in [0, 0.05) is 0 Å². The summed E-state index contributed by atoms with van der Waals surface area (Å²) in [4.78, 5) is 4.01. The molecule has 2 rings (SSSR count). The average Bonchev–Trinajstić information content (AvgIpc) is 2.75. The number of nitrogens with zero attached hydrogens (tertiary/aromatic N) is 2. The molecule has 5 heteroatoms. The largest absolute Gasteiger partial charge is 0.472 e. The molecule has 0 spiro atoms. The van der Waals surface area contributed by atoms with Gasteiger partial charge in [0.2, 0.25) is 11.7 Å². The lowest BCUT2D eigenvalue weighted by molar-refractivity contribution is 0.380. The van der Waals surface area contributed by atoms with Gasteiger partial charge in [-0.05, 0) is 6.07 Å². The highest BCUT2D eigenvalue weighted by Crippen LogP contribution is 2.15. The van der Waals surface area contributed by atoms with Gasteiger partial charge in [0.15, 0.2) is 0 Å². The van der Waals surface area contributed by atoms with Crippen LogP contribution in [0, 0.1) is 0 Å². The van der Waals surface area contributed by atoms with Crippen LogP contribution in [0.1, 0.15) is 5.89 Å². The molecule has 0 bridgehead atoms. The number of furan rings is 1. The Labute approximate surface area is 68.2 Å². The van der Waals surface area contributed by atoms with Crippen LogP contribution in [0.3, 0.4) is 0 Å². The molecule has 2 heterocycles. The third-order valence-corrected chi connectivity index (χ3v) is 1.42. The predicted octanol–water partition coefficient (Wildman–Crippen LogP) is 0.788. The first kappa shape index (κ1) is 7.05. The van der Waals surface area contributed by atoms with Gasteiger partial charge in [0.25, 0.3) is 0 Å². The van der Waals surface area contributed by atoms with Crippen LogP contribution in [0.4, 0.5) is 0 Å². The summed E-state index contributed by atoms with van der Waals surface area (Å²) in [5.74, 6) is 0.926. The van der Waals surface area contributed by atoms with Gasteiger partial charge < -0.3 is 14.7 Å². The Morgan fingerprint density at radius 2 is 2.42 bits per heavy atom. The van der Waals surface area contributed by atoms with E-state index in [9.17, 15) is 0 Å². The van der Waals surface area contributed by atoms with Gasteiger partial charge in [-0.25, -0.2) is 0 Å². The van der Waals surface area contributed by atoms with Gasteiger partial charge in [-0.3, -0.25) is 0 Å². The van der Waals surface area contributed by atoms with Gasteiger partial charge in [0.1, 0.15) is 6.26 Å². The fourth-order valence-electron chi connectivity index (χ4n) is 0.847. The average molecular weight is 165 g/mol. The van der Waals surface area contributed by atoms with E-state index in [1.54, 1.807) is 18.6 Å². The van der Waals surface area contributed by atoms with Gasteiger partial charge in [-0.15, -0.1) is 0 Å². The van der Waals surface area contributed by atoms with Crippen molar-refractivity contribution in [2.75, 3.05) is 0 Å². The number of nitrogens with two attached hydrogens (primary N) is 1. The molecule has 2 N–H and O–H groups in total. The molecule has 0 radical (unpaired) electrons. The van der Waals surface area contributed by atoms with Crippen LogP contribution >= 0.6 is 0 Å². The quantitative estimate of drug-likeness (QED) is 0.711. The Morgan fingerprint density at radius 3 is 3.00 bits per heavy atom. The molecule has 0 atom stereocenters. The first-order valence-electron chi connectivity index (χ1n) is 3.45. The van der Waals surface area contributed by atoms with Crippen molar-refractivity contribution >= 4 is 0 Å². The summed E-state index contributed by atoms with van der Waals surface area (Å²) in [5, 5.41) is 3.70. The van der Waals surface area contributed by atoms with Crippen molar-refractivity contribution in [3.05, 3.63) is 24.5 Å². The molecular weight excluding hydrogens is 158 g/mol. The van der Waals surface area contributed by atoms with E-state index in [0.717, 1.165) is 5.56 Å². The molecule has 0 saturated carbocycles. The van der Waals surface area contributed by atoms with Crippen molar-refractivity contribution in [2.45, 2.75) is 6.54 Å². The minimum Gasteiger partial charge on any atom is -0.472 e. The van der Waals surface area contributed by atoms with Crippen LogP contribution in [0.25, 0.3) is 11.4 Å². The molecule has 0 aliphatic heterocycles. The lowest BCUT2D eigenvalue weighted by atomic mass is 10.3. The lowest BCUT2D eigenvalue weighted by Crippen LogP contribution is -1.95. The molecule has 12 heavy (non-hydrogen) atoms. The van der Waals surface area contributed by atoms with E-state index in [-0.39, 0.29) is 6.54 Å². The lowest BCUT2D eigenvalue weighted by Gasteiger charge is -1.80. The van der Waals surface area contributed by atoms with Crippen molar-refractivity contribution in [2.24, 2.45) is 5.73 Å². The summed E-state index contributed by atoms with van der Waals surface area (Å²) in [6, 6.07) is 1.76. The second-order valence-corrected chi connectivity index (χ2v) is 2.23. The SMILES string of the molecule is NCc1nc(-c2ccoc2)no1. The van der Waals surface area contributed by atoms with Crippen LogP contribution in [-0.2, 0) is 6.54 Å². The van der Waals surface area contributed by atoms with Gasteiger partial charge >= 0.3 is 0 Å². The molecule has 0 aliphatic carbocycles. The fourth-order valence-corrected chi connectivity index (χ4v) is 0.847. The second kappa shape index (κ2) is 2.78. The van der Waals surface area contributed by atoms with E-state index in [0.29, 0.717) is 11.7 Å². The third-order valence-electron chi connectivity index (χ3n) is 1.42. The Balaban J connectivity index is 2.35. The first-order chi connectivity index (χ1) is 5.90. The molecule has 2 aromatic heterocycles. The van der Waals surface area contributed by atoms with Crippen molar-refractivity contribution in [1.82, 2.24) is 10.1 Å². The number of hydrogen-bond donors (Lipinski definition) is 1. The van der Waals surface area contributed by atoms with Crippen molar-refractivity contribution < 1.29 is 8.94 Å². The molecule has 0 unspecified atom stereocenters. The molecular formula is C7H7N3O2. The highest BCUT2D eigenvalue weighted by molar-refractivity contribution is 5.51. The Bertz CT molecular complexity index is 352. The monoisotopic (exact) mass is 165 g/mol. The van der Waals surface area contributed by atoms with Crippen LogP contribution in [-0.4, -0.2) is 10.1 Å². The van der Waals surface area contributed by atoms with Crippen LogP contribution in [0.2, 0.25) is 0 Å². The van der Waals surface area contributed by atoms with E-state index in [1.807, 2.05) is 0 Å². The highest BCUT2D eigenvalue weighted by atomic mass is 16.5. The second-order valence-electron chi connectivity index (χ2n) is 2.23. The van der Waals surface area contributed by atoms with Crippen LogP contribution < -0.4 is 5.73 Å². The minimum absolute atomic E-state index is 0.255. The van der Waals surface area contributed by atoms with E-state index in [4.69, 9.17) is 14.7 Å². The standard InChI is InChI=1S/C7H7N3O2/c8-3-6-9-7(10-12-6)5-1-2-11-4-5/h1-2,4H,3,8H2. The summed E-state index contributed by atoms with van der Waals surface area (Å²) in [6.07, 6.45) is 3.10. The van der Waals surface area contributed by atoms with Crippen molar-refractivity contribution in [3.63, 3.8) is 0 Å². The maximum atomic E-state index is 5.30. The molecule has 0 saturated heterocycles. The van der Waals surface area contributed by atoms with E-state index < -0.39 is 0 Å². The van der Waals surface area contributed by atoms with E-state index >= 15 is 0 Å². The molecule has 0 aromatic carbocycles. The topological polar surface area (TPSA) is 78.1 Å². The van der Waals surface area contributed by atoms with Crippen molar-refractivity contribution in [3.8, 4) is 11.4 Å². The Hall–Kier alpha value is -1.62. The third kappa shape index (κ3) is 1.10. The van der Waals surface area contributed by atoms with Crippen LogP contribution in [0.15, 0.2) is 27.5 Å². The number of aromatic nitrogens is 2. The predicted molar refractivity (Wildman–Crippen MR) is 39.9 cm³/mol. The Morgan fingerprint density at radius 1 is 1.50 bits per heavy atom. The molecule has 0 fully saturated rings. The maximum absolute atomic E-state index is 5.30. The van der Waals surface area contributed by atoms with Crippen molar-refractivity contribution in [1.29, 1.82) is 0 Å². The normalized spacial score (nSPS) is 10.4. The Kier molecular flexibility index (Phi) is 1.64. The maximum Gasteiger partial charge on any atom is 0.240 e.